The van der Waals surface area contributed by atoms with Crippen LogP contribution in [0.25, 0.3) is 44.9 Å². The molecule has 0 spiro atoms. The Balaban J connectivity index is 1.41. The van der Waals surface area contributed by atoms with Crippen molar-refractivity contribution in [2.24, 2.45) is 0 Å². The standard InChI is InChI=1S/C32H23N3O2/c1-2-5-21-16-22(9-8-20(21)4-1)35(23-10-11-28-26(17-23)24-12-14-33-18-30(24)36-28)27-6-3-7-29-32(27)25-13-15-34-19-31(25)37-29/h1-17,33-34H,18-19H2. The minimum absolute atomic E-state index is 0.684. The summed E-state index contributed by atoms with van der Waals surface area (Å²) in [6, 6.07) is 27.9. The summed E-state index contributed by atoms with van der Waals surface area (Å²) >= 11 is 0. The van der Waals surface area contributed by atoms with Crippen molar-refractivity contribution in [2.75, 3.05) is 4.90 Å². The van der Waals surface area contributed by atoms with Gasteiger partial charge in [-0.15, -0.1) is 0 Å². The number of furan rings is 2. The van der Waals surface area contributed by atoms with Crippen molar-refractivity contribution in [3.8, 4) is 0 Å². The Bertz CT molecular complexity index is 1910. The second-order valence-corrected chi connectivity index (χ2v) is 9.50. The summed E-state index contributed by atoms with van der Waals surface area (Å²) in [5.74, 6) is 1.93. The zero-order valence-corrected chi connectivity index (χ0v) is 20.0. The number of hydrogen-bond acceptors (Lipinski definition) is 5. The van der Waals surface area contributed by atoms with Crippen molar-refractivity contribution in [1.82, 2.24) is 10.6 Å². The van der Waals surface area contributed by atoms with E-state index in [-0.39, 0.29) is 0 Å². The minimum atomic E-state index is 0.684. The Hall–Kier alpha value is -4.90. The average molecular weight is 482 g/mol. The van der Waals surface area contributed by atoms with Gasteiger partial charge in [-0.2, -0.15) is 0 Å². The number of nitrogens with one attached hydrogen (secondary N) is 2. The lowest BCUT2D eigenvalue weighted by atomic mass is 10.0. The maximum Gasteiger partial charge on any atom is 0.137 e. The van der Waals surface area contributed by atoms with Gasteiger partial charge < -0.3 is 24.4 Å². The van der Waals surface area contributed by atoms with Crippen LogP contribution in [-0.2, 0) is 13.1 Å². The molecule has 0 fully saturated rings. The molecule has 2 aromatic heterocycles. The molecule has 8 rings (SSSR count). The van der Waals surface area contributed by atoms with Gasteiger partial charge in [0.25, 0.3) is 0 Å². The molecule has 4 heterocycles. The molecule has 0 saturated carbocycles. The van der Waals surface area contributed by atoms with Crippen LogP contribution in [0.5, 0.6) is 0 Å². The lowest BCUT2D eigenvalue weighted by Crippen LogP contribution is -2.11. The van der Waals surface area contributed by atoms with Crippen molar-refractivity contribution in [1.29, 1.82) is 0 Å². The van der Waals surface area contributed by atoms with Gasteiger partial charge in [0.15, 0.2) is 0 Å². The zero-order valence-electron chi connectivity index (χ0n) is 20.0. The molecule has 0 aliphatic carbocycles. The SMILES string of the molecule is C1=Cc2c(oc3ccc(N(c4ccc5ccccc5c4)c4cccc5oc6c(c45)C=CNC6)cc23)CN1. The molecular formula is C32H23N3O2. The highest BCUT2D eigenvalue weighted by Gasteiger charge is 2.23. The number of benzene rings is 4. The van der Waals surface area contributed by atoms with E-state index in [2.05, 4.69) is 107 Å². The fraction of sp³-hybridized carbons (Fsp3) is 0.0625. The third-order valence-corrected chi connectivity index (χ3v) is 7.35. The molecule has 6 aromatic rings. The molecule has 2 aliphatic rings. The van der Waals surface area contributed by atoms with Crippen molar-refractivity contribution in [3.05, 3.63) is 114 Å². The predicted octanol–water partition coefficient (Wildman–Crippen LogP) is 7.95. The minimum Gasteiger partial charge on any atom is -0.459 e. The lowest BCUT2D eigenvalue weighted by Gasteiger charge is -2.27. The normalized spacial score (nSPS) is 13.9. The van der Waals surface area contributed by atoms with E-state index < -0.39 is 0 Å². The number of hydrogen-bond donors (Lipinski definition) is 2. The summed E-state index contributed by atoms with van der Waals surface area (Å²) < 4.78 is 12.4. The molecule has 4 aromatic carbocycles. The molecule has 37 heavy (non-hydrogen) atoms. The fourth-order valence-corrected chi connectivity index (χ4v) is 5.64. The van der Waals surface area contributed by atoms with Gasteiger partial charge in [-0.25, -0.2) is 0 Å². The molecule has 0 bridgehead atoms. The van der Waals surface area contributed by atoms with E-state index in [0.717, 1.165) is 61.6 Å². The second-order valence-electron chi connectivity index (χ2n) is 9.50. The quantitative estimate of drug-likeness (QED) is 0.269. The van der Waals surface area contributed by atoms with Gasteiger partial charge in [0, 0.05) is 27.9 Å². The Labute approximate surface area is 213 Å². The van der Waals surface area contributed by atoms with Gasteiger partial charge in [0.1, 0.15) is 22.7 Å². The van der Waals surface area contributed by atoms with E-state index in [9.17, 15) is 0 Å². The molecule has 0 amide bonds. The molecule has 0 saturated heterocycles. The smallest absolute Gasteiger partial charge is 0.137 e. The van der Waals surface area contributed by atoms with Crippen molar-refractivity contribution in [2.45, 2.75) is 13.1 Å². The number of nitrogens with zero attached hydrogens (tertiary/aromatic N) is 1. The molecule has 5 nitrogen and oxygen atoms in total. The first-order valence-electron chi connectivity index (χ1n) is 12.5. The van der Waals surface area contributed by atoms with Crippen molar-refractivity contribution in [3.63, 3.8) is 0 Å². The number of fused-ring (bicyclic) bond motifs is 7. The lowest BCUT2D eigenvalue weighted by molar-refractivity contribution is 0.532. The van der Waals surface area contributed by atoms with Crippen LogP contribution in [-0.4, -0.2) is 0 Å². The predicted molar refractivity (Wildman–Crippen MR) is 150 cm³/mol. The Kier molecular flexibility index (Phi) is 4.28. The van der Waals surface area contributed by atoms with E-state index >= 15 is 0 Å². The molecular weight excluding hydrogens is 458 g/mol. The van der Waals surface area contributed by atoms with Crippen molar-refractivity contribution < 1.29 is 8.83 Å². The zero-order chi connectivity index (χ0) is 24.3. The largest absolute Gasteiger partial charge is 0.459 e. The number of rotatable bonds is 3. The van der Waals surface area contributed by atoms with Crippen molar-refractivity contribution >= 4 is 61.9 Å². The highest BCUT2D eigenvalue weighted by atomic mass is 16.3. The van der Waals surface area contributed by atoms with E-state index in [0.29, 0.717) is 13.1 Å². The monoisotopic (exact) mass is 481 g/mol. The first kappa shape index (κ1) is 20.3. The Morgan fingerprint density at radius 1 is 0.622 bits per heavy atom. The van der Waals surface area contributed by atoms with Crippen LogP contribution in [0.4, 0.5) is 17.1 Å². The second kappa shape index (κ2) is 7.80. The first-order valence-corrected chi connectivity index (χ1v) is 12.5. The molecule has 5 heteroatoms. The summed E-state index contributed by atoms with van der Waals surface area (Å²) in [4.78, 5) is 2.34. The van der Waals surface area contributed by atoms with Crippen LogP contribution < -0.4 is 15.5 Å². The third-order valence-electron chi connectivity index (χ3n) is 7.35. The summed E-state index contributed by atoms with van der Waals surface area (Å²) in [7, 11) is 0. The van der Waals surface area contributed by atoms with E-state index in [4.69, 9.17) is 8.83 Å². The van der Waals surface area contributed by atoms with Gasteiger partial charge in [0.05, 0.1) is 24.2 Å². The van der Waals surface area contributed by atoms with Crippen LogP contribution >= 0.6 is 0 Å². The van der Waals surface area contributed by atoms with Crippen LogP contribution in [0.3, 0.4) is 0 Å². The summed E-state index contributed by atoms with van der Waals surface area (Å²) in [5, 5.41) is 11.2. The highest BCUT2D eigenvalue weighted by molar-refractivity contribution is 6.04. The van der Waals surface area contributed by atoms with Crippen LogP contribution in [0, 0.1) is 0 Å². The van der Waals surface area contributed by atoms with Gasteiger partial charge in [-0.05, 0) is 77.8 Å². The molecule has 2 N–H and O–H groups in total. The molecule has 0 radical (unpaired) electrons. The third kappa shape index (κ3) is 3.10. The summed E-state index contributed by atoms with van der Waals surface area (Å²) in [6.07, 6.45) is 8.20. The maximum absolute atomic E-state index is 6.28. The average Bonchev–Trinajstić information content (AvgIpc) is 3.52. The van der Waals surface area contributed by atoms with E-state index in [1.165, 1.54) is 10.8 Å². The van der Waals surface area contributed by atoms with Gasteiger partial charge in [-0.1, -0.05) is 36.4 Å². The molecule has 0 unspecified atom stereocenters. The topological polar surface area (TPSA) is 53.6 Å². The molecule has 2 aliphatic heterocycles. The van der Waals surface area contributed by atoms with Gasteiger partial charge in [0.2, 0.25) is 0 Å². The first-order chi connectivity index (χ1) is 18.3. The highest BCUT2D eigenvalue weighted by Crippen LogP contribution is 2.44. The molecule has 178 valence electrons. The van der Waals surface area contributed by atoms with E-state index in [1.54, 1.807) is 0 Å². The fourth-order valence-electron chi connectivity index (χ4n) is 5.64. The Morgan fingerprint density at radius 3 is 2.24 bits per heavy atom. The van der Waals surface area contributed by atoms with Gasteiger partial charge in [-0.3, -0.25) is 0 Å². The van der Waals surface area contributed by atoms with Crippen LogP contribution in [0.2, 0.25) is 0 Å². The number of anilines is 3. The summed E-state index contributed by atoms with van der Waals surface area (Å²) in [5.41, 5.74) is 7.30. The Morgan fingerprint density at radius 2 is 1.35 bits per heavy atom. The molecule has 0 atom stereocenters. The van der Waals surface area contributed by atoms with Crippen LogP contribution in [0.15, 0.2) is 100 Å². The maximum atomic E-state index is 6.28. The van der Waals surface area contributed by atoms with E-state index in [1.807, 2.05) is 12.4 Å². The summed E-state index contributed by atoms with van der Waals surface area (Å²) in [6.45, 7) is 1.38. The van der Waals surface area contributed by atoms with Gasteiger partial charge >= 0.3 is 0 Å². The van der Waals surface area contributed by atoms with Crippen LogP contribution in [0.1, 0.15) is 22.6 Å².